The van der Waals surface area contributed by atoms with Crippen LogP contribution >= 0.6 is 0 Å². The van der Waals surface area contributed by atoms with Crippen LogP contribution in [0.1, 0.15) is 61.3 Å². The van der Waals surface area contributed by atoms with Gasteiger partial charge in [0.25, 0.3) is 5.91 Å². The molecule has 1 aromatic heterocycles. The van der Waals surface area contributed by atoms with Gasteiger partial charge < -0.3 is 14.4 Å². The van der Waals surface area contributed by atoms with E-state index in [1.165, 1.54) is 0 Å². The lowest BCUT2D eigenvalue weighted by Gasteiger charge is -2.39. The number of amides is 2. The maximum absolute atomic E-state index is 13.1. The van der Waals surface area contributed by atoms with Gasteiger partial charge in [0.2, 0.25) is 5.91 Å². The summed E-state index contributed by atoms with van der Waals surface area (Å²) in [6.45, 7) is 12.1. The maximum atomic E-state index is 13.1. The van der Waals surface area contributed by atoms with Gasteiger partial charge in [-0.2, -0.15) is 0 Å². The molecule has 0 aliphatic carbocycles. The Bertz CT molecular complexity index is 677. The van der Waals surface area contributed by atoms with Crippen LogP contribution in [0.15, 0.2) is 6.07 Å². The largest absolute Gasteiger partial charge is 0.349 e. The third kappa shape index (κ3) is 2.98. The van der Waals surface area contributed by atoms with Crippen molar-refractivity contribution in [2.24, 2.45) is 5.41 Å². The quantitative estimate of drug-likeness (QED) is 0.842. The van der Waals surface area contributed by atoms with Gasteiger partial charge in [-0.25, -0.2) is 0 Å². The summed E-state index contributed by atoms with van der Waals surface area (Å²) in [6.07, 6.45) is 3.78. The average molecular weight is 345 g/mol. The Morgan fingerprint density at radius 1 is 1.20 bits per heavy atom. The minimum Gasteiger partial charge on any atom is -0.349 e. The molecule has 2 amide bonds. The molecule has 0 saturated carbocycles. The number of nitrogens with zero attached hydrogens (tertiary/aromatic N) is 3. The van der Waals surface area contributed by atoms with Crippen LogP contribution in [0, 0.1) is 19.3 Å². The highest BCUT2D eigenvalue weighted by molar-refractivity contribution is 5.97. The van der Waals surface area contributed by atoms with Gasteiger partial charge in [-0.1, -0.05) is 6.92 Å². The first-order chi connectivity index (χ1) is 11.9. The van der Waals surface area contributed by atoms with E-state index in [2.05, 4.69) is 18.4 Å². The molecule has 3 heterocycles. The lowest BCUT2D eigenvalue weighted by atomic mass is 9.78. The van der Waals surface area contributed by atoms with Gasteiger partial charge in [0.05, 0.1) is 11.0 Å². The molecule has 1 spiro atoms. The van der Waals surface area contributed by atoms with Crippen LogP contribution in [-0.4, -0.2) is 52.4 Å². The highest BCUT2D eigenvalue weighted by atomic mass is 16.2. The predicted octanol–water partition coefficient (Wildman–Crippen LogP) is 2.99. The second-order valence-electron chi connectivity index (χ2n) is 7.68. The third-order valence-corrected chi connectivity index (χ3v) is 6.08. The van der Waals surface area contributed by atoms with Gasteiger partial charge in [-0.3, -0.25) is 9.59 Å². The number of piperidine rings is 1. The molecule has 2 aliphatic heterocycles. The smallest absolute Gasteiger partial charge is 0.255 e. The SMILES string of the molecule is CCCN1CCC[C@]2(CCN(C(=O)c3cc(C)n(CC)c3C)C2)C1=O. The highest BCUT2D eigenvalue weighted by Crippen LogP contribution is 2.40. The Morgan fingerprint density at radius 3 is 2.60 bits per heavy atom. The molecule has 2 saturated heterocycles. The number of rotatable bonds is 4. The van der Waals surface area contributed by atoms with E-state index in [1.807, 2.05) is 29.7 Å². The summed E-state index contributed by atoms with van der Waals surface area (Å²) >= 11 is 0. The van der Waals surface area contributed by atoms with Crippen molar-refractivity contribution in [3.05, 3.63) is 23.0 Å². The number of carbonyl (C=O) groups is 2. The molecule has 1 aromatic rings. The first-order valence-corrected chi connectivity index (χ1v) is 9.69. The maximum Gasteiger partial charge on any atom is 0.255 e. The number of hydrogen-bond donors (Lipinski definition) is 0. The molecule has 3 rings (SSSR count). The fourth-order valence-corrected chi connectivity index (χ4v) is 4.73. The molecule has 0 bridgehead atoms. The highest BCUT2D eigenvalue weighted by Gasteiger charge is 2.49. The normalized spacial score (nSPS) is 23.8. The summed E-state index contributed by atoms with van der Waals surface area (Å²) in [6, 6.07) is 2.00. The van der Waals surface area contributed by atoms with E-state index in [1.54, 1.807) is 0 Å². The van der Waals surface area contributed by atoms with Crippen LogP contribution < -0.4 is 0 Å². The molecule has 0 N–H and O–H groups in total. The zero-order chi connectivity index (χ0) is 18.2. The van der Waals surface area contributed by atoms with Crippen LogP contribution in [0.2, 0.25) is 0 Å². The van der Waals surface area contributed by atoms with Crippen molar-refractivity contribution >= 4 is 11.8 Å². The van der Waals surface area contributed by atoms with Gasteiger partial charge in [-0.15, -0.1) is 0 Å². The van der Waals surface area contributed by atoms with Crippen molar-refractivity contribution in [3.63, 3.8) is 0 Å². The lowest BCUT2D eigenvalue weighted by molar-refractivity contribution is -0.145. The lowest BCUT2D eigenvalue weighted by Crippen LogP contribution is -2.50. The van der Waals surface area contributed by atoms with Crippen molar-refractivity contribution in [1.29, 1.82) is 0 Å². The molecule has 138 valence electrons. The summed E-state index contributed by atoms with van der Waals surface area (Å²) in [5, 5.41) is 0. The fourth-order valence-electron chi connectivity index (χ4n) is 4.73. The van der Waals surface area contributed by atoms with Gasteiger partial charge >= 0.3 is 0 Å². The first-order valence-electron chi connectivity index (χ1n) is 9.69. The minimum absolute atomic E-state index is 0.0880. The molecule has 2 fully saturated rings. The fraction of sp³-hybridized carbons (Fsp3) is 0.700. The van der Waals surface area contributed by atoms with Crippen LogP contribution in [-0.2, 0) is 11.3 Å². The van der Waals surface area contributed by atoms with Gasteiger partial charge in [-0.05, 0) is 52.5 Å². The van der Waals surface area contributed by atoms with Crippen LogP contribution in [0.25, 0.3) is 0 Å². The average Bonchev–Trinajstić information content (AvgIpc) is 3.14. The molecular formula is C20H31N3O2. The van der Waals surface area contributed by atoms with Crippen molar-refractivity contribution in [1.82, 2.24) is 14.4 Å². The summed E-state index contributed by atoms with van der Waals surface area (Å²) in [5.74, 6) is 0.361. The zero-order valence-electron chi connectivity index (χ0n) is 16.1. The number of hydrogen-bond acceptors (Lipinski definition) is 2. The topological polar surface area (TPSA) is 45.5 Å². The number of carbonyl (C=O) groups excluding carboxylic acids is 2. The monoisotopic (exact) mass is 345 g/mol. The van der Waals surface area contributed by atoms with E-state index in [4.69, 9.17) is 0 Å². The minimum atomic E-state index is -0.334. The van der Waals surface area contributed by atoms with E-state index < -0.39 is 0 Å². The van der Waals surface area contributed by atoms with E-state index in [0.29, 0.717) is 13.1 Å². The Kier molecular flexibility index (Phi) is 4.94. The summed E-state index contributed by atoms with van der Waals surface area (Å²) < 4.78 is 2.17. The summed E-state index contributed by atoms with van der Waals surface area (Å²) in [5.41, 5.74) is 2.62. The van der Waals surface area contributed by atoms with E-state index in [9.17, 15) is 9.59 Å². The molecule has 5 nitrogen and oxygen atoms in total. The zero-order valence-corrected chi connectivity index (χ0v) is 16.1. The van der Waals surface area contributed by atoms with E-state index in [0.717, 1.165) is 62.3 Å². The molecule has 25 heavy (non-hydrogen) atoms. The summed E-state index contributed by atoms with van der Waals surface area (Å²) in [4.78, 5) is 30.0. The second kappa shape index (κ2) is 6.85. The molecular weight excluding hydrogens is 314 g/mol. The van der Waals surface area contributed by atoms with Gasteiger partial charge in [0, 0.05) is 44.1 Å². The molecule has 5 heteroatoms. The van der Waals surface area contributed by atoms with Crippen LogP contribution in [0.4, 0.5) is 0 Å². The molecule has 0 unspecified atom stereocenters. The number of aryl methyl sites for hydroxylation is 1. The standard InChI is InChI=1S/C20H31N3O2/c1-5-10-21-11-7-8-20(19(21)25)9-12-22(14-20)18(24)17-13-15(3)23(6-2)16(17)4/h13H,5-12,14H2,1-4H3/t20-/m1/s1. The van der Waals surface area contributed by atoms with Crippen LogP contribution in [0.5, 0.6) is 0 Å². The molecule has 2 aliphatic rings. The van der Waals surface area contributed by atoms with E-state index in [-0.39, 0.29) is 17.2 Å². The van der Waals surface area contributed by atoms with Gasteiger partial charge in [0.15, 0.2) is 0 Å². The predicted molar refractivity (Wildman–Crippen MR) is 98.6 cm³/mol. The number of aromatic nitrogens is 1. The van der Waals surface area contributed by atoms with Crippen molar-refractivity contribution < 1.29 is 9.59 Å². The third-order valence-electron chi connectivity index (χ3n) is 6.08. The summed E-state index contributed by atoms with van der Waals surface area (Å²) in [7, 11) is 0. The molecule has 1 atom stereocenters. The first kappa shape index (κ1) is 18.0. The Balaban J connectivity index is 1.78. The van der Waals surface area contributed by atoms with Crippen molar-refractivity contribution in [3.8, 4) is 0 Å². The second-order valence-corrected chi connectivity index (χ2v) is 7.68. The van der Waals surface area contributed by atoms with Gasteiger partial charge in [0.1, 0.15) is 0 Å². The number of likely N-dealkylation sites (tertiary alicyclic amines) is 2. The Morgan fingerprint density at radius 2 is 1.96 bits per heavy atom. The molecule has 0 aromatic carbocycles. The van der Waals surface area contributed by atoms with Crippen molar-refractivity contribution in [2.45, 2.75) is 59.9 Å². The Hall–Kier alpha value is -1.78. The Labute approximate surface area is 151 Å². The molecule has 0 radical (unpaired) electrons. The van der Waals surface area contributed by atoms with Crippen molar-refractivity contribution in [2.75, 3.05) is 26.2 Å². The van der Waals surface area contributed by atoms with Crippen LogP contribution in [0.3, 0.4) is 0 Å². The van der Waals surface area contributed by atoms with E-state index >= 15 is 0 Å².